The van der Waals surface area contributed by atoms with Crippen LogP contribution >= 0.6 is 33.8 Å². The molecule has 6 heteroatoms. The molecule has 0 aliphatic rings. The Labute approximate surface area is 74.7 Å². The highest BCUT2D eigenvalue weighted by Gasteiger charge is 2.19. The second kappa shape index (κ2) is 4.23. The minimum absolute atomic E-state index is 0.342. The van der Waals surface area contributed by atoms with Gasteiger partial charge in [0.05, 0.1) is 6.20 Å². The van der Waals surface area contributed by atoms with Crippen LogP contribution < -0.4 is 0 Å². The lowest BCUT2D eigenvalue weighted by Gasteiger charge is -1.89. The van der Waals surface area contributed by atoms with Gasteiger partial charge >= 0.3 is 4.34 Å². The normalized spacial score (nSPS) is 12.5. The Hall–Kier alpha value is 0.130. The maximum atomic E-state index is 11.8. The van der Waals surface area contributed by atoms with Gasteiger partial charge in [-0.3, -0.25) is 0 Å². The average molecular weight is 217 g/mol. The van der Waals surface area contributed by atoms with Crippen LogP contribution in [0.4, 0.5) is 8.78 Å². The number of hydrogen-bond donors (Lipinski definition) is 0. The molecule has 0 spiro atoms. The molecule has 1 rings (SSSR count). The summed E-state index contributed by atoms with van der Waals surface area (Å²) in [5.74, 6) is -2.40. The van der Waals surface area contributed by atoms with Crippen LogP contribution in [0.2, 0.25) is 0 Å². The zero-order valence-corrected chi connectivity index (χ0v) is 7.73. The molecule has 0 aromatic carbocycles. The SMILES string of the molecule is FC(F)Sc1ncc[s+]1CCl. The molecule has 1 nitrogen and oxygen atoms in total. The van der Waals surface area contributed by atoms with Crippen LogP contribution in [0.1, 0.15) is 0 Å². The van der Waals surface area contributed by atoms with Gasteiger partial charge < -0.3 is 0 Å². The second-order valence-electron chi connectivity index (χ2n) is 1.60. The Balaban J connectivity index is 2.68. The lowest BCUT2D eigenvalue weighted by Crippen LogP contribution is -1.80. The Bertz CT molecular complexity index is 228. The summed E-state index contributed by atoms with van der Waals surface area (Å²) in [7, 11) is -0.375. The van der Waals surface area contributed by atoms with Crippen molar-refractivity contribution in [1.29, 1.82) is 0 Å². The number of halogens is 3. The van der Waals surface area contributed by atoms with Crippen LogP contribution in [0.15, 0.2) is 15.9 Å². The third-order valence-electron chi connectivity index (χ3n) is 0.937. The number of nitrogens with zero attached hydrogens (tertiary/aromatic N) is 1. The maximum Gasteiger partial charge on any atom is 0.308 e. The lowest BCUT2D eigenvalue weighted by atomic mass is 11.0. The molecule has 62 valence electrons. The van der Waals surface area contributed by atoms with Crippen molar-refractivity contribution in [3.63, 3.8) is 0 Å². The van der Waals surface area contributed by atoms with E-state index in [1.54, 1.807) is 5.38 Å². The number of alkyl halides is 3. The largest absolute Gasteiger partial charge is 0.308 e. The van der Waals surface area contributed by atoms with Gasteiger partial charge in [0.15, 0.2) is 5.38 Å². The van der Waals surface area contributed by atoms with Gasteiger partial charge in [0.2, 0.25) is 5.21 Å². The smallest absolute Gasteiger partial charge is 0.197 e. The number of thiazole rings is 1. The average Bonchev–Trinajstić information content (AvgIpc) is 2.34. The third kappa shape index (κ3) is 2.57. The van der Waals surface area contributed by atoms with Crippen LogP contribution in [0.5, 0.6) is 0 Å². The lowest BCUT2D eigenvalue weighted by molar-refractivity contribution is 0.252. The predicted molar refractivity (Wildman–Crippen MR) is 44.4 cm³/mol. The van der Waals surface area contributed by atoms with E-state index in [4.69, 9.17) is 11.6 Å². The van der Waals surface area contributed by atoms with Gasteiger partial charge in [-0.2, -0.15) is 13.8 Å². The van der Waals surface area contributed by atoms with E-state index >= 15 is 0 Å². The Kier molecular flexibility index (Phi) is 3.54. The molecule has 0 saturated carbocycles. The summed E-state index contributed by atoms with van der Waals surface area (Å²) >= 11 is 5.98. The van der Waals surface area contributed by atoms with Crippen LogP contribution in [0.3, 0.4) is 0 Å². The fourth-order valence-corrected chi connectivity index (χ4v) is 3.28. The van der Waals surface area contributed by atoms with E-state index in [1.165, 1.54) is 6.20 Å². The van der Waals surface area contributed by atoms with Crippen LogP contribution in [-0.4, -0.2) is 10.7 Å². The van der Waals surface area contributed by atoms with E-state index in [9.17, 15) is 8.78 Å². The number of thioether (sulfide) groups is 1. The van der Waals surface area contributed by atoms with Crippen molar-refractivity contribution in [2.24, 2.45) is 0 Å². The molecular formula is C5H5ClF2NS2+. The van der Waals surface area contributed by atoms with Gasteiger partial charge in [0.25, 0.3) is 5.76 Å². The van der Waals surface area contributed by atoms with Crippen molar-refractivity contribution in [1.82, 2.24) is 4.98 Å². The summed E-state index contributed by atoms with van der Waals surface area (Å²) in [6.07, 6.45) is 1.52. The maximum absolute atomic E-state index is 11.8. The van der Waals surface area contributed by atoms with E-state index in [1.807, 2.05) is 0 Å². The first-order valence-electron chi connectivity index (χ1n) is 2.69. The van der Waals surface area contributed by atoms with Gasteiger partial charge in [-0.15, -0.1) is 0 Å². The van der Waals surface area contributed by atoms with E-state index in [2.05, 4.69) is 4.98 Å². The highest BCUT2D eigenvalue weighted by Crippen LogP contribution is 2.36. The third-order valence-corrected chi connectivity index (χ3v) is 4.30. The van der Waals surface area contributed by atoms with E-state index in [0.29, 0.717) is 21.3 Å². The minimum atomic E-state index is -2.40. The summed E-state index contributed by atoms with van der Waals surface area (Å²) in [6.45, 7) is 0. The molecule has 0 aliphatic carbocycles. The molecule has 0 aliphatic heterocycles. The fourth-order valence-electron chi connectivity index (χ4n) is 0.542. The summed E-state index contributed by atoms with van der Waals surface area (Å²) < 4.78 is 24.1. The first kappa shape index (κ1) is 9.22. The van der Waals surface area contributed by atoms with Gasteiger partial charge in [0, 0.05) is 22.2 Å². The Morgan fingerprint density at radius 2 is 2.45 bits per heavy atom. The van der Waals surface area contributed by atoms with Crippen molar-refractivity contribution < 1.29 is 8.78 Å². The number of aromatic nitrogens is 1. The number of rotatable bonds is 3. The van der Waals surface area contributed by atoms with Gasteiger partial charge in [-0.25, -0.2) is 0 Å². The Morgan fingerprint density at radius 3 is 3.00 bits per heavy atom. The van der Waals surface area contributed by atoms with Crippen molar-refractivity contribution >= 4 is 33.8 Å². The summed E-state index contributed by atoms with van der Waals surface area (Å²) in [5, 5.41) is 2.09. The molecule has 1 aromatic heterocycles. The van der Waals surface area contributed by atoms with Crippen molar-refractivity contribution in [3.8, 4) is 0 Å². The Morgan fingerprint density at radius 1 is 1.73 bits per heavy atom. The monoisotopic (exact) mass is 216 g/mol. The van der Waals surface area contributed by atoms with Crippen molar-refractivity contribution in [2.75, 3.05) is 0 Å². The van der Waals surface area contributed by atoms with Crippen LogP contribution in [-0.2, 0) is 5.21 Å². The van der Waals surface area contributed by atoms with Crippen LogP contribution in [0, 0.1) is 0 Å². The summed E-state index contributed by atoms with van der Waals surface area (Å²) in [5.41, 5.74) is 0. The van der Waals surface area contributed by atoms with Gasteiger partial charge in [0.1, 0.15) is 0 Å². The first-order chi connectivity index (χ1) is 5.24. The molecule has 1 atom stereocenters. The number of hydrogen-bond acceptors (Lipinski definition) is 2. The van der Waals surface area contributed by atoms with Crippen LogP contribution in [0.25, 0.3) is 0 Å². The highest BCUT2D eigenvalue weighted by atomic mass is 35.5. The van der Waals surface area contributed by atoms with Crippen molar-refractivity contribution in [2.45, 2.75) is 15.3 Å². The molecule has 1 aromatic rings. The molecular weight excluding hydrogens is 212 g/mol. The standard InChI is InChI=1S/C5H5ClF2NS2/c6-3-11-2-1-9-5(11)10-4(7)8/h1-2,4H,3H2/q+1. The molecule has 0 fully saturated rings. The molecule has 1 unspecified atom stereocenters. The predicted octanol–water partition coefficient (Wildman–Crippen LogP) is 3.34. The molecule has 11 heavy (non-hydrogen) atoms. The molecule has 1 heterocycles. The molecule has 0 amide bonds. The molecule has 0 saturated heterocycles. The molecule has 0 N–H and O–H groups in total. The topological polar surface area (TPSA) is 12.9 Å². The van der Waals surface area contributed by atoms with Crippen molar-refractivity contribution in [3.05, 3.63) is 11.6 Å². The zero-order valence-electron chi connectivity index (χ0n) is 5.34. The fraction of sp³-hybridized carbons (Fsp3) is 0.400. The van der Waals surface area contributed by atoms with E-state index in [0.717, 1.165) is 0 Å². The summed E-state index contributed by atoms with van der Waals surface area (Å²) in [4.78, 5) is 3.78. The van der Waals surface area contributed by atoms with E-state index < -0.39 is 5.76 Å². The highest BCUT2D eigenvalue weighted by molar-refractivity contribution is 8.01. The molecule has 0 radical (unpaired) electrons. The summed E-state index contributed by atoms with van der Waals surface area (Å²) in [6, 6.07) is 0. The molecule has 0 bridgehead atoms. The first-order valence-corrected chi connectivity index (χ1v) is 5.56. The second-order valence-corrected chi connectivity index (χ2v) is 5.22. The zero-order chi connectivity index (χ0) is 8.27. The van der Waals surface area contributed by atoms with Gasteiger partial charge in [-0.1, -0.05) is 11.6 Å². The quantitative estimate of drug-likeness (QED) is 0.437. The van der Waals surface area contributed by atoms with E-state index in [-0.39, 0.29) is 10.5 Å². The minimum Gasteiger partial charge on any atom is -0.197 e. The van der Waals surface area contributed by atoms with Gasteiger partial charge in [-0.05, 0) is 0 Å².